The molecule has 1 aliphatic rings. The smallest absolute Gasteiger partial charge is 0.265 e. The number of anilines is 2. The molecule has 2 aromatic carbocycles. The Balaban J connectivity index is 1.62. The highest BCUT2D eigenvalue weighted by atomic mass is 32.1. The maximum absolute atomic E-state index is 12.5. The molecule has 0 bridgehead atoms. The minimum atomic E-state index is -0.277. The fourth-order valence-corrected chi connectivity index (χ4v) is 3.37. The van der Waals surface area contributed by atoms with E-state index in [1.54, 1.807) is 34.7 Å². The van der Waals surface area contributed by atoms with Gasteiger partial charge in [0.15, 0.2) is 11.7 Å². The molecule has 1 N–H and O–H groups in total. The van der Waals surface area contributed by atoms with Crippen molar-refractivity contribution in [3.63, 3.8) is 0 Å². The molecule has 1 aliphatic heterocycles. The van der Waals surface area contributed by atoms with Crippen molar-refractivity contribution in [2.75, 3.05) is 16.8 Å². The number of benzene rings is 2. The lowest BCUT2D eigenvalue weighted by atomic mass is 10.1. The fraction of sp³-hybridized carbons (Fsp3) is 0.150. The van der Waals surface area contributed by atoms with Gasteiger partial charge in [0.1, 0.15) is 5.75 Å². The molecule has 2 amide bonds. The molecule has 0 saturated carbocycles. The van der Waals surface area contributed by atoms with E-state index < -0.39 is 0 Å². The van der Waals surface area contributed by atoms with Crippen molar-refractivity contribution in [2.24, 2.45) is 0 Å². The van der Waals surface area contributed by atoms with E-state index in [0.29, 0.717) is 28.7 Å². The Kier molecular flexibility index (Phi) is 4.60. The summed E-state index contributed by atoms with van der Waals surface area (Å²) in [6.07, 6.45) is 1.63. The van der Waals surface area contributed by atoms with Crippen LogP contribution >= 0.6 is 11.3 Å². The maximum Gasteiger partial charge on any atom is 0.265 e. The fourth-order valence-electron chi connectivity index (χ4n) is 2.85. The Hall–Kier alpha value is -3.19. The summed E-state index contributed by atoms with van der Waals surface area (Å²) >= 11 is 1.35. The third kappa shape index (κ3) is 3.68. The molecule has 0 saturated heterocycles. The lowest BCUT2D eigenvalue weighted by molar-refractivity contribution is -0.121. The van der Waals surface area contributed by atoms with Crippen LogP contribution < -0.4 is 15.0 Å². The zero-order chi connectivity index (χ0) is 18.8. The number of ether oxygens (including phenoxy) is 1. The first kappa shape index (κ1) is 17.2. The summed E-state index contributed by atoms with van der Waals surface area (Å²) in [6, 6.07) is 13.1. The maximum atomic E-state index is 12.5. The van der Waals surface area contributed by atoms with Crippen LogP contribution in [0.15, 0.2) is 54.0 Å². The van der Waals surface area contributed by atoms with E-state index in [1.165, 1.54) is 11.3 Å². The summed E-state index contributed by atoms with van der Waals surface area (Å²) < 4.78 is 5.53. The van der Waals surface area contributed by atoms with Crippen LogP contribution in [-0.4, -0.2) is 23.4 Å². The van der Waals surface area contributed by atoms with Crippen molar-refractivity contribution >= 4 is 34.0 Å². The van der Waals surface area contributed by atoms with Gasteiger partial charge in [0.05, 0.1) is 12.2 Å². The molecule has 136 valence electrons. The first-order chi connectivity index (χ1) is 13.1. The van der Waals surface area contributed by atoms with Crippen LogP contribution in [0.25, 0.3) is 0 Å². The van der Waals surface area contributed by atoms with E-state index in [-0.39, 0.29) is 18.4 Å². The highest BCUT2D eigenvalue weighted by Gasteiger charge is 2.26. The normalized spacial score (nSPS) is 13.1. The van der Waals surface area contributed by atoms with Crippen molar-refractivity contribution < 1.29 is 14.3 Å². The molecule has 0 unspecified atom stereocenters. The number of aryl methyl sites for hydroxylation is 1. The predicted molar refractivity (Wildman–Crippen MR) is 104 cm³/mol. The van der Waals surface area contributed by atoms with Gasteiger partial charge in [0.25, 0.3) is 11.8 Å². The van der Waals surface area contributed by atoms with E-state index in [0.717, 1.165) is 11.1 Å². The highest BCUT2D eigenvalue weighted by Crippen LogP contribution is 2.34. The van der Waals surface area contributed by atoms with E-state index >= 15 is 0 Å². The number of hydrogen-bond acceptors (Lipinski definition) is 5. The Labute approximate surface area is 160 Å². The molecule has 7 heteroatoms. The van der Waals surface area contributed by atoms with Crippen LogP contribution in [0.1, 0.15) is 21.5 Å². The number of rotatable bonds is 4. The number of aromatic nitrogens is 1. The number of carbonyl (C=O) groups excluding carboxylic acids is 2. The van der Waals surface area contributed by atoms with Gasteiger partial charge in [-0.25, -0.2) is 4.98 Å². The molecule has 6 nitrogen and oxygen atoms in total. The monoisotopic (exact) mass is 379 g/mol. The highest BCUT2D eigenvalue weighted by molar-refractivity contribution is 7.13. The Morgan fingerprint density at radius 1 is 1.26 bits per heavy atom. The van der Waals surface area contributed by atoms with Gasteiger partial charge >= 0.3 is 0 Å². The van der Waals surface area contributed by atoms with E-state index in [9.17, 15) is 9.59 Å². The van der Waals surface area contributed by atoms with Gasteiger partial charge in [-0.2, -0.15) is 0 Å². The number of amides is 2. The summed E-state index contributed by atoms with van der Waals surface area (Å²) in [5.41, 5.74) is 3.21. The summed E-state index contributed by atoms with van der Waals surface area (Å²) in [7, 11) is 0. The van der Waals surface area contributed by atoms with Crippen LogP contribution in [-0.2, 0) is 11.3 Å². The van der Waals surface area contributed by atoms with Gasteiger partial charge in [0.2, 0.25) is 0 Å². The molecule has 0 fully saturated rings. The van der Waals surface area contributed by atoms with Gasteiger partial charge in [-0.1, -0.05) is 29.8 Å². The van der Waals surface area contributed by atoms with Crippen LogP contribution in [0.2, 0.25) is 0 Å². The van der Waals surface area contributed by atoms with Gasteiger partial charge < -0.3 is 9.64 Å². The van der Waals surface area contributed by atoms with Crippen molar-refractivity contribution in [2.45, 2.75) is 13.5 Å². The molecule has 1 aromatic heterocycles. The first-order valence-corrected chi connectivity index (χ1v) is 9.32. The van der Waals surface area contributed by atoms with Crippen LogP contribution in [0.3, 0.4) is 0 Å². The third-order valence-corrected chi connectivity index (χ3v) is 4.97. The molecular formula is C20H17N3O3S. The summed E-state index contributed by atoms with van der Waals surface area (Å²) in [5.74, 6) is 0.175. The minimum absolute atomic E-state index is 0.0104. The van der Waals surface area contributed by atoms with Crippen LogP contribution in [0.4, 0.5) is 10.8 Å². The SMILES string of the molecule is Cc1ccc(CN2C(=O)COc3ccc(C(=O)Nc4nccs4)cc32)cc1. The molecule has 4 rings (SSSR count). The van der Waals surface area contributed by atoms with E-state index in [2.05, 4.69) is 10.3 Å². The molecule has 0 radical (unpaired) electrons. The van der Waals surface area contributed by atoms with Crippen molar-refractivity contribution in [3.05, 3.63) is 70.7 Å². The number of carbonyl (C=O) groups is 2. The second-order valence-corrected chi connectivity index (χ2v) is 7.12. The average molecular weight is 379 g/mol. The lowest BCUT2D eigenvalue weighted by Gasteiger charge is -2.30. The largest absolute Gasteiger partial charge is 0.482 e. The third-order valence-electron chi connectivity index (χ3n) is 4.28. The second kappa shape index (κ2) is 7.20. The van der Waals surface area contributed by atoms with Crippen LogP contribution in [0.5, 0.6) is 5.75 Å². The van der Waals surface area contributed by atoms with E-state index in [4.69, 9.17) is 4.74 Å². The number of nitrogens with one attached hydrogen (secondary N) is 1. The number of nitrogens with zero attached hydrogens (tertiary/aromatic N) is 2. The summed E-state index contributed by atoms with van der Waals surface area (Å²) in [6.45, 7) is 2.43. The van der Waals surface area contributed by atoms with Crippen molar-refractivity contribution in [1.29, 1.82) is 0 Å². The van der Waals surface area contributed by atoms with Crippen LogP contribution in [0, 0.1) is 6.92 Å². The lowest BCUT2D eigenvalue weighted by Crippen LogP contribution is -2.38. The molecule has 0 spiro atoms. The molecule has 0 atom stereocenters. The molecular weight excluding hydrogens is 362 g/mol. The molecule has 0 aliphatic carbocycles. The van der Waals surface area contributed by atoms with Gasteiger partial charge in [-0.05, 0) is 30.7 Å². The van der Waals surface area contributed by atoms with Crippen molar-refractivity contribution in [1.82, 2.24) is 4.98 Å². The minimum Gasteiger partial charge on any atom is -0.482 e. The standard InChI is InChI=1S/C20H17N3O3S/c1-13-2-4-14(5-3-13)11-23-16-10-15(6-7-17(16)26-12-18(23)24)19(25)22-20-21-8-9-27-20/h2-10H,11-12H2,1H3,(H,21,22,25). The molecule has 27 heavy (non-hydrogen) atoms. The Morgan fingerprint density at radius 3 is 2.81 bits per heavy atom. The van der Waals surface area contributed by atoms with Gasteiger partial charge in [0, 0.05) is 17.1 Å². The Bertz CT molecular complexity index is 984. The van der Waals surface area contributed by atoms with Gasteiger partial charge in [-0.3, -0.25) is 14.9 Å². The summed E-state index contributed by atoms with van der Waals surface area (Å²) in [5, 5.41) is 5.07. The second-order valence-electron chi connectivity index (χ2n) is 6.23. The zero-order valence-electron chi connectivity index (χ0n) is 14.6. The Morgan fingerprint density at radius 2 is 2.07 bits per heavy atom. The predicted octanol–water partition coefficient (Wildman–Crippen LogP) is 3.63. The van der Waals surface area contributed by atoms with E-state index in [1.807, 2.05) is 31.2 Å². The zero-order valence-corrected chi connectivity index (χ0v) is 15.5. The first-order valence-electron chi connectivity index (χ1n) is 8.44. The number of fused-ring (bicyclic) bond motifs is 1. The summed E-state index contributed by atoms with van der Waals surface area (Å²) in [4.78, 5) is 30.7. The molecule has 3 aromatic rings. The van der Waals surface area contributed by atoms with Crippen molar-refractivity contribution in [3.8, 4) is 5.75 Å². The quantitative estimate of drug-likeness (QED) is 0.751. The topological polar surface area (TPSA) is 71.5 Å². The average Bonchev–Trinajstić information content (AvgIpc) is 3.18. The number of hydrogen-bond donors (Lipinski definition) is 1. The van der Waals surface area contributed by atoms with Gasteiger partial charge in [-0.15, -0.1) is 11.3 Å². The molecule has 2 heterocycles. The number of thiazole rings is 1.